The summed E-state index contributed by atoms with van der Waals surface area (Å²) >= 11 is 0. The van der Waals surface area contributed by atoms with Crippen molar-refractivity contribution in [2.45, 2.75) is 52.0 Å². The molecule has 0 spiro atoms. The van der Waals surface area contributed by atoms with E-state index >= 15 is 0 Å². The van der Waals surface area contributed by atoms with Crippen LogP contribution in [0.3, 0.4) is 0 Å². The fourth-order valence-electron chi connectivity index (χ4n) is 1.08. The first kappa shape index (κ1) is 11.9. The number of hydrogen-bond donors (Lipinski definition) is 1. The minimum absolute atomic E-state index is 0.181. The average Bonchev–Trinajstić information content (AvgIpc) is 2.02. The quantitative estimate of drug-likeness (QED) is 0.572. The fraction of sp³-hybridized carbons (Fsp3) is 1.00. The average molecular weight is 173 g/mol. The highest BCUT2D eigenvalue weighted by atomic mass is 16.5. The molecule has 0 saturated carbocycles. The molecule has 0 fully saturated rings. The molecule has 0 aliphatic heterocycles. The third kappa shape index (κ3) is 9.92. The first-order valence-corrected chi connectivity index (χ1v) is 5.10. The van der Waals surface area contributed by atoms with Crippen molar-refractivity contribution >= 4 is 0 Å². The Morgan fingerprint density at radius 3 is 2.42 bits per heavy atom. The van der Waals surface area contributed by atoms with Crippen LogP contribution in [0.5, 0.6) is 0 Å². The van der Waals surface area contributed by atoms with Gasteiger partial charge in [0.2, 0.25) is 0 Å². The molecule has 1 atom stereocenters. The van der Waals surface area contributed by atoms with Gasteiger partial charge in [-0.05, 0) is 13.3 Å². The van der Waals surface area contributed by atoms with Gasteiger partial charge < -0.3 is 10.5 Å². The standard InChI is InChI=1S/C10H23NO/c1-3-4-5-6-7-8-12-9-10(2)11/h10H,3-9,11H2,1-2H3/t10-/m0/s1. The van der Waals surface area contributed by atoms with Crippen molar-refractivity contribution in [1.29, 1.82) is 0 Å². The molecule has 2 heteroatoms. The zero-order valence-electron chi connectivity index (χ0n) is 8.51. The Balaban J connectivity index is 2.82. The number of unbranched alkanes of at least 4 members (excludes halogenated alkanes) is 4. The highest BCUT2D eigenvalue weighted by Gasteiger charge is 1.93. The van der Waals surface area contributed by atoms with Crippen LogP contribution in [0.4, 0.5) is 0 Å². The fourth-order valence-corrected chi connectivity index (χ4v) is 1.08. The van der Waals surface area contributed by atoms with E-state index in [0.29, 0.717) is 6.61 Å². The van der Waals surface area contributed by atoms with Crippen LogP contribution in [0.1, 0.15) is 46.0 Å². The van der Waals surface area contributed by atoms with Gasteiger partial charge in [-0.25, -0.2) is 0 Å². The molecule has 0 aromatic heterocycles. The number of hydrogen-bond acceptors (Lipinski definition) is 2. The molecule has 12 heavy (non-hydrogen) atoms. The smallest absolute Gasteiger partial charge is 0.0614 e. The Bertz CT molecular complexity index is 83.9. The minimum Gasteiger partial charge on any atom is -0.380 e. The van der Waals surface area contributed by atoms with E-state index in [0.717, 1.165) is 6.61 Å². The Hall–Kier alpha value is -0.0800. The SMILES string of the molecule is CCCCCCCOC[C@H](C)N. The van der Waals surface area contributed by atoms with Crippen molar-refractivity contribution in [3.05, 3.63) is 0 Å². The van der Waals surface area contributed by atoms with Crippen LogP contribution in [0.2, 0.25) is 0 Å². The van der Waals surface area contributed by atoms with Gasteiger partial charge >= 0.3 is 0 Å². The predicted octanol–water partition coefficient (Wildman–Crippen LogP) is 2.32. The van der Waals surface area contributed by atoms with E-state index in [1.165, 1.54) is 32.1 Å². The molecule has 0 unspecified atom stereocenters. The van der Waals surface area contributed by atoms with E-state index in [-0.39, 0.29) is 6.04 Å². The monoisotopic (exact) mass is 173 g/mol. The van der Waals surface area contributed by atoms with Crippen molar-refractivity contribution in [2.75, 3.05) is 13.2 Å². The molecule has 0 radical (unpaired) electrons. The lowest BCUT2D eigenvalue weighted by Crippen LogP contribution is -2.22. The maximum atomic E-state index is 5.53. The first-order chi connectivity index (χ1) is 5.77. The van der Waals surface area contributed by atoms with Crippen LogP contribution in [0.25, 0.3) is 0 Å². The Morgan fingerprint density at radius 1 is 1.17 bits per heavy atom. The van der Waals surface area contributed by atoms with Crippen LogP contribution in [0, 0.1) is 0 Å². The Morgan fingerprint density at radius 2 is 1.83 bits per heavy atom. The molecule has 0 bridgehead atoms. The van der Waals surface area contributed by atoms with E-state index in [1.54, 1.807) is 0 Å². The molecule has 2 N–H and O–H groups in total. The molecule has 0 aromatic rings. The van der Waals surface area contributed by atoms with E-state index in [4.69, 9.17) is 10.5 Å². The van der Waals surface area contributed by atoms with E-state index in [1.807, 2.05) is 6.92 Å². The normalized spacial score (nSPS) is 13.2. The Labute approximate surface area is 76.5 Å². The van der Waals surface area contributed by atoms with Crippen molar-refractivity contribution in [1.82, 2.24) is 0 Å². The van der Waals surface area contributed by atoms with Gasteiger partial charge in [0, 0.05) is 12.6 Å². The first-order valence-electron chi connectivity index (χ1n) is 5.10. The molecule has 0 aliphatic rings. The molecular weight excluding hydrogens is 150 g/mol. The molecule has 74 valence electrons. The van der Waals surface area contributed by atoms with E-state index in [2.05, 4.69) is 6.92 Å². The summed E-state index contributed by atoms with van der Waals surface area (Å²) in [4.78, 5) is 0. The van der Waals surface area contributed by atoms with Crippen LogP contribution < -0.4 is 5.73 Å². The van der Waals surface area contributed by atoms with Crippen molar-refractivity contribution in [2.24, 2.45) is 5.73 Å². The maximum Gasteiger partial charge on any atom is 0.0614 e. The lowest BCUT2D eigenvalue weighted by atomic mass is 10.2. The predicted molar refractivity (Wildman–Crippen MR) is 53.2 cm³/mol. The second-order valence-corrected chi connectivity index (χ2v) is 3.47. The summed E-state index contributed by atoms with van der Waals surface area (Å²) in [6, 6.07) is 0.181. The van der Waals surface area contributed by atoms with Gasteiger partial charge in [0.15, 0.2) is 0 Å². The van der Waals surface area contributed by atoms with E-state index in [9.17, 15) is 0 Å². The summed E-state index contributed by atoms with van der Waals surface area (Å²) in [5.74, 6) is 0. The molecule has 0 heterocycles. The molecule has 0 aliphatic carbocycles. The lowest BCUT2D eigenvalue weighted by Gasteiger charge is -2.06. The summed E-state index contributed by atoms with van der Waals surface area (Å²) in [5, 5.41) is 0. The van der Waals surface area contributed by atoms with Crippen LogP contribution in [-0.4, -0.2) is 19.3 Å². The van der Waals surface area contributed by atoms with Crippen LogP contribution in [0.15, 0.2) is 0 Å². The van der Waals surface area contributed by atoms with Gasteiger partial charge in [-0.15, -0.1) is 0 Å². The zero-order valence-corrected chi connectivity index (χ0v) is 8.51. The molecule has 0 amide bonds. The van der Waals surface area contributed by atoms with Gasteiger partial charge in [0.1, 0.15) is 0 Å². The van der Waals surface area contributed by atoms with Crippen molar-refractivity contribution in [3.8, 4) is 0 Å². The second kappa shape index (κ2) is 9.01. The third-order valence-corrected chi connectivity index (χ3v) is 1.77. The molecule has 2 nitrogen and oxygen atoms in total. The van der Waals surface area contributed by atoms with Crippen molar-refractivity contribution < 1.29 is 4.74 Å². The summed E-state index contributed by atoms with van der Waals surface area (Å²) in [6.45, 7) is 5.78. The van der Waals surface area contributed by atoms with Gasteiger partial charge in [0.05, 0.1) is 6.61 Å². The summed E-state index contributed by atoms with van der Waals surface area (Å²) in [5.41, 5.74) is 5.53. The number of rotatable bonds is 8. The minimum atomic E-state index is 0.181. The van der Waals surface area contributed by atoms with Crippen LogP contribution >= 0.6 is 0 Å². The summed E-state index contributed by atoms with van der Waals surface area (Å²) in [6.07, 6.45) is 6.49. The topological polar surface area (TPSA) is 35.2 Å². The lowest BCUT2D eigenvalue weighted by molar-refractivity contribution is 0.120. The molecule has 0 rings (SSSR count). The van der Waals surface area contributed by atoms with Crippen LogP contribution in [-0.2, 0) is 4.74 Å². The summed E-state index contributed by atoms with van der Waals surface area (Å²) < 4.78 is 5.35. The van der Waals surface area contributed by atoms with Gasteiger partial charge in [-0.2, -0.15) is 0 Å². The third-order valence-electron chi connectivity index (χ3n) is 1.77. The van der Waals surface area contributed by atoms with E-state index < -0.39 is 0 Å². The second-order valence-electron chi connectivity index (χ2n) is 3.47. The molecular formula is C10H23NO. The zero-order chi connectivity index (χ0) is 9.23. The van der Waals surface area contributed by atoms with Gasteiger partial charge in [-0.1, -0.05) is 32.6 Å². The summed E-state index contributed by atoms with van der Waals surface area (Å²) in [7, 11) is 0. The maximum absolute atomic E-state index is 5.53. The molecule has 0 aromatic carbocycles. The highest BCUT2D eigenvalue weighted by molar-refractivity contribution is 4.48. The number of ether oxygens (including phenoxy) is 1. The number of nitrogens with two attached hydrogens (primary N) is 1. The highest BCUT2D eigenvalue weighted by Crippen LogP contribution is 2.02. The van der Waals surface area contributed by atoms with Gasteiger partial charge in [0.25, 0.3) is 0 Å². The Kier molecular flexibility index (Phi) is 8.95. The van der Waals surface area contributed by atoms with Gasteiger partial charge in [-0.3, -0.25) is 0 Å². The molecule has 0 saturated heterocycles. The van der Waals surface area contributed by atoms with Crippen molar-refractivity contribution in [3.63, 3.8) is 0 Å². The largest absolute Gasteiger partial charge is 0.380 e.